The van der Waals surface area contributed by atoms with Gasteiger partial charge in [0.25, 0.3) is 0 Å². The second-order valence-electron chi connectivity index (χ2n) is 10.2. The number of nitrogens with zero attached hydrogens (tertiary/aromatic N) is 4. The third-order valence-corrected chi connectivity index (χ3v) is 7.33. The van der Waals surface area contributed by atoms with Crippen molar-refractivity contribution >= 4 is 17.5 Å². The largest absolute Gasteiger partial charge is 0.492 e. The minimum Gasteiger partial charge on any atom is -0.492 e. The summed E-state index contributed by atoms with van der Waals surface area (Å²) in [6.45, 7) is 8.27. The molecule has 1 fully saturated rings. The van der Waals surface area contributed by atoms with Gasteiger partial charge in [-0.25, -0.2) is 9.80 Å². The number of H-pyrrole nitrogens is 1. The van der Waals surface area contributed by atoms with Crippen LogP contribution >= 0.6 is 0 Å². The molecule has 0 spiro atoms. The Morgan fingerprint density at radius 3 is 2.58 bits per heavy atom. The number of anilines is 1. The van der Waals surface area contributed by atoms with Gasteiger partial charge in [-0.3, -0.25) is 20.2 Å². The van der Waals surface area contributed by atoms with Crippen LogP contribution in [0.15, 0.2) is 42.5 Å². The number of hydrazine groups is 1. The Morgan fingerprint density at radius 1 is 1.07 bits per heavy atom. The number of aromatic nitrogens is 2. The number of aliphatic hydroxyl groups excluding tert-OH is 1. The summed E-state index contributed by atoms with van der Waals surface area (Å²) in [5, 5.41) is 21.5. The molecule has 0 atom stereocenters. The summed E-state index contributed by atoms with van der Waals surface area (Å²) >= 11 is 0. The van der Waals surface area contributed by atoms with Gasteiger partial charge in [0.1, 0.15) is 18.1 Å². The van der Waals surface area contributed by atoms with Crippen LogP contribution in [-0.4, -0.2) is 108 Å². The highest BCUT2D eigenvalue weighted by atomic mass is 16.5. The second kappa shape index (κ2) is 12.6. The molecule has 1 saturated heterocycles. The number of amides is 2. The summed E-state index contributed by atoms with van der Waals surface area (Å²) in [4.78, 5) is 30.8. The van der Waals surface area contributed by atoms with E-state index in [-0.39, 0.29) is 18.4 Å². The fraction of sp³-hybridized carbons (Fsp3) is 0.414. The van der Waals surface area contributed by atoms with E-state index in [2.05, 4.69) is 44.7 Å². The Bertz CT molecular complexity index is 1330. The van der Waals surface area contributed by atoms with Crippen LogP contribution < -0.4 is 15.5 Å². The number of piperazine rings is 1. The molecule has 0 unspecified atom stereocenters. The van der Waals surface area contributed by atoms with Crippen molar-refractivity contribution in [2.45, 2.75) is 13.3 Å². The third-order valence-electron chi connectivity index (χ3n) is 7.33. The van der Waals surface area contributed by atoms with Gasteiger partial charge >= 0.3 is 6.03 Å². The maximum Gasteiger partial charge on any atom is 0.333 e. The predicted octanol–water partition coefficient (Wildman–Crippen LogP) is 2.66. The number of carbonyl (C=O) groups is 2. The van der Waals surface area contributed by atoms with E-state index in [0.29, 0.717) is 41.4 Å². The molecule has 1 aliphatic carbocycles. The summed E-state index contributed by atoms with van der Waals surface area (Å²) in [7, 11) is 2.06. The van der Waals surface area contributed by atoms with Crippen LogP contribution in [0.25, 0.3) is 22.5 Å². The molecule has 1 aromatic heterocycles. The maximum atomic E-state index is 13.7. The van der Waals surface area contributed by atoms with Crippen molar-refractivity contribution in [1.82, 2.24) is 30.4 Å². The lowest BCUT2D eigenvalue weighted by atomic mass is 10.0. The fourth-order valence-corrected chi connectivity index (χ4v) is 5.21. The Kier molecular flexibility index (Phi) is 8.75. The van der Waals surface area contributed by atoms with Crippen molar-refractivity contribution in [2.75, 3.05) is 71.4 Å². The Hall–Kier alpha value is -3.77. The van der Waals surface area contributed by atoms with Crippen molar-refractivity contribution in [3.63, 3.8) is 0 Å². The van der Waals surface area contributed by atoms with Crippen molar-refractivity contribution in [2.24, 2.45) is 0 Å². The number of benzene rings is 2. The number of aromatic amines is 1. The van der Waals surface area contributed by atoms with E-state index in [9.17, 15) is 14.7 Å². The molecule has 11 heteroatoms. The van der Waals surface area contributed by atoms with Crippen molar-refractivity contribution < 1.29 is 19.4 Å². The summed E-state index contributed by atoms with van der Waals surface area (Å²) < 4.78 is 5.91. The van der Waals surface area contributed by atoms with E-state index in [1.54, 1.807) is 6.07 Å². The first kappa shape index (κ1) is 27.8. The average molecular weight is 548 g/mol. The monoisotopic (exact) mass is 547 g/mol. The van der Waals surface area contributed by atoms with Crippen LogP contribution in [0, 0.1) is 0 Å². The number of aliphatic hydroxyl groups is 1. The summed E-state index contributed by atoms with van der Waals surface area (Å²) in [6.07, 6.45) is 1.02. The van der Waals surface area contributed by atoms with Gasteiger partial charge in [0.05, 0.1) is 29.1 Å². The summed E-state index contributed by atoms with van der Waals surface area (Å²) in [5.74, 6) is 0.549. The zero-order valence-corrected chi connectivity index (χ0v) is 23.1. The van der Waals surface area contributed by atoms with Gasteiger partial charge in [-0.1, -0.05) is 19.1 Å². The topological polar surface area (TPSA) is 126 Å². The smallest absolute Gasteiger partial charge is 0.333 e. The Morgan fingerprint density at radius 2 is 1.85 bits per heavy atom. The van der Waals surface area contributed by atoms with Gasteiger partial charge in [-0.2, -0.15) is 5.10 Å². The summed E-state index contributed by atoms with van der Waals surface area (Å²) in [5.41, 5.74) is 7.03. The first-order valence-corrected chi connectivity index (χ1v) is 13.8. The lowest BCUT2D eigenvalue weighted by Crippen LogP contribution is -2.53. The number of fused-ring (bicyclic) bond motifs is 3. The number of hydrogen-bond donors (Lipinski definition) is 4. The van der Waals surface area contributed by atoms with E-state index >= 15 is 0 Å². The molecular weight excluding hydrogens is 510 g/mol. The molecule has 1 aliphatic heterocycles. The normalized spacial score (nSPS) is 15.2. The van der Waals surface area contributed by atoms with Gasteiger partial charge in [0, 0.05) is 50.4 Å². The predicted molar refractivity (Wildman–Crippen MR) is 153 cm³/mol. The number of likely N-dealkylation sites (N-methyl/N-ethyl adjacent to an activating group) is 1. The minimum absolute atomic E-state index is 0.132. The number of urea groups is 1. The molecule has 0 saturated carbocycles. The molecule has 2 aromatic carbocycles. The molecule has 0 radical (unpaired) electrons. The average Bonchev–Trinajstić information content (AvgIpc) is 3.51. The van der Waals surface area contributed by atoms with Crippen LogP contribution in [0.2, 0.25) is 0 Å². The van der Waals surface area contributed by atoms with Crippen LogP contribution in [0.1, 0.15) is 29.3 Å². The van der Waals surface area contributed by atoms with Gasteiger partial charge in [0.15, 0.2) is 5.78 Å². The lowest BCUT2D eigenvalue weighted by Gasteiger charge is -2.32. The number of hydrogen-bond acceptors (Lipinski definition) is 8. The van der Waals surface area contributed by atoms with Crippen molar-refractivity contribution in [1.29, 1.82) is 0 Å². The van der Waals surface area contributed by atoms with Gasteiger partial charge in [-0.05, 0) is 50.3 Å². The lowest BCUT2D eigenvalue weighted by molar-refractivity contribution is 0.104. The minimum atomic E-state index is -0.371. The van der Waals surface area contributed by atoms with E-state index in [4.69, 9.17) is 4.74 Å². The molecule has 11 nitrogen and oxygen atoms in total. The van der Waals surface area contributed by atoms with Crippen LogP contribution in [0.4, 0.5) is 10.5 Å². The molecule has 0 bridgehead atoms. The van der Waals surface area contributed by atoms with Crippen LogP contribution in [0.3, 0.4) is 0 Å². The van der Waals surface area contributed by atoms with E-state index < -0.39 is 0 Å². The Labute approximate surface area is 234 Å². The molecular formula is C29H37N7O4. The molecule has 2 aliphatic rings. The highest BCUT2D eigenvalue weighted by Crippen LogP contribution is 2.43. The molecule has 3 aromatic rings. The van der Waals surface area contributed by atoms with E-state index in [1.165, 1.54) is 0 Å². The number of nitrogens with one attached hydrogen (secondary N) is 3. The first-order chi connectivity index (χ1) is 19.5. The molecule has 40 heavy (non-hydrogen) atoms. The second-order valence-corrected chi connectivity index (χ2v) is 10.2. The zero-order valence-electron chi connectivity index (χ0n) is 23.1. The zero-order chi connectivity index (χ0) is 28.1. The van der Waals surface area contributed by atoms with Gasteiger partial charge < -0.3 is 20.1 Å². The standard InChI is InChI=1S/C29H37N7O4/c1-3-11-35(16-18-37)17-19-40-21-9-7-20(8-10-21)26-25-27(32-31-26)22-5-4-6-23(24(22)28(25)38)30-29(39)33-36-14-12-34(2)13-15-36/h4-10,37H,3,11-19H2,1-2H3,(H,31,32)(H2,30,33,39). The van der Waals surface area contributed by atoms with Crippen LogP contribution in [0.5, 0.6) is 5.75 Å². The first-order valence-electron chi connectivity index (χ1n) is 13.8. The van der Waals surface area contributed by atoms with E-state index in [1.807, 2.05) is 41.4 Å². The van der Waals surface area contributed by atoms with E-state index in [0.717, 1.165) is 62.6 Å². The number of rotatable bonds is 11. The highest BCUT2D eigenvalue weighted by Gasteiger charge is 2.35. The molecule has 4 N–H and O–H groups in total. The van der Waals surface area contributed by atoms with Crippen molar-refractivity contribution in [3.8, 4) is 28.3 Å². The fourth-order valence-electron chi connectivity index (χ4n) is 5.21. The number of carbonyl (C=O) groups excluding carboxylic acids is 2. The van der Waals surface area contributed by atoms with Gasteiger partial charge in [0.2, 0.25) is 0 Å². The Balaban J connectivity index is 1.26. The number of ketones is 1. The summed E-state index contributed by atoms with van der Waals surface area (Å²) in [6, 6.07) is 12.6. The highest BCUT2D eigenvalue weighted by molar-refractivity contribution is 6.26. The third kappa shape index (κ3) is 6.02. The SMILES string of the molecule is CCCN(CCO)CCOc1ccc(-c2n[nH]c3c2C(=O)c2c(NC(=O)NN4CCN(C)CC4)cccc2-3)cc1. The molecule has 5 rings (SSSR count). The number of ether oxygens (including phenoxy) is 1. The quantitative estimate of drug-likeness (QED) is 0.226. The van der Waals surface area contributed by atoms with Crippen molar-refractivity contribution in [3.05, 3.63) is 53.6 Å². The van der Waals surface area contributed by atoms with Gasteiger partial charge in [-0.15, -0.1) is 0 Å². The molecule has 212 valence electrons. The molecule has 2 amide bonds. The molecule has 2 heterocycles. The maximum absolute atomic E-state index is 13.7. The van der Waals surface area contributed by atoms with Crippen LogP contribution in [-0.2, 0) is 0 Å².